The van der Waals surface area contributed by atoms with Gasteiger partial charge in [0.2, 0.25) is 0 Å². The summed E-state index contributed by atoms with van der Waals surface area (Å²) in [6.07, 6.45) is -2.81. The van der Waals surface area contributed by atoms with E-state index >= 15 is 0 Å². The van der Waals surface area contributed by atoms with E-state index in [1.807, 2.05) is 0 Å². The Labute approximate surface area is 88.5 Å². The minimum atomic E-state index is -4.36. The molecule has 0 unspecified atom stereocenters. The number of rotatable bonds is 2. The predicted molar refractivity (Wildman–Crippen MR) is 48.9 cm³/mol. The van der Waals surface area contributed by atoms with Gasteiger partial charge in [-0.1, -0.05) is 4.98 Å². The Morgan fingerprint density at radius 3 is 2.94 bits per heavy atom. The van der Waals surface area contributed by atoms with E-state index in [4.69, 9.17) is 0 Å². The lowest BCUT2D eigenvalue weighted by Gasteiger charge is -2.07. The number of nitrogens with zero attached hydrogens (tertiary/aromatic N) is 1. The molecule has 0 aliphatic rings. The summed E-state index contributed by atoms with van der Waals surface area (Å²) in [5.74, 6) is -0.0133. The van der Waals surface area contributed by atoms with E-state index in [0.717, 1.165) is 5.52 Å². The average Bonchev–Trinajstić information content (AvgIpc) is 2.59. The van der Waals surface area contributed by atoms with Crippen molar-refractivity contribution >= 4 is 11.2 Å². The minimum absolute atomic E-state index is 0.0133. The monoisotopic (exact) mass is 232 g/mol. The van der Waals surface area contributed by atoms with Crippen LogP contribution in [0.15, 0.2) is 12.4 Å². The lowest BCUT2D eigenvalue weighted by Crippen LogP contribution is -2.20. The number of ether oxygens (including phenoxy) is 1. The highest BCUT2D eigenvalue weighted by atomic mass is 19.4. The van der Waals surface area contributed by atoms with Crippen molar-refractivity contribution in [2.24, 2.45) is 0 Å². The van der Waals surface area contributed by atoms with Crippen molar-refractivity contribution in [3.05, 3.63) is 18.0 Å². The molecule has 0 amide bonds. The summed E-state index contributed by atoms with van der Waals surface area (Å²) in [4.78, 5) is 9.55. The smallest absolute Gasteiger partial charge is 0.422 e. The van der Waals surface area contributed by atoms with E-state index < -0.39 is 12.8 Å². The van der Waals surface area contributed by atoms with Crippen molar-refractivity contribution in [1.29, 1.82) is 0 Å². The number of nitrogens with one attached hydrogen (secondary N) is 2. The summed E-state index contributed by atoms with van der Waals surface area (Å²) in [6, 6.07) is 1.67. The Morgan fingerprint density at radius 1 is 1.50 bits per heavy atom. The first-order chi connectivity index (χ1) is 7.46. The molecule has 0 spiro atoms. The third-order valence-corrected chi connectivity index (χ3v) is 1.98. The van der Waals surface area contributed by atoms with E-state index in [1.54, 1.807) is 19.3 Å². The summed E-state index contributed by atoms with van der Waals surface area (Å²) < 4.78 is 40.5. The van der Waals surface area contributed by atoms with E-state index in [9.17, 15) is 13.2 Å². The van der Waals surface area contributed by atoms with E-state index in [1.165, 1.54) is 0 Å². The molecule has 2 rings (SSSR count). The van der Waals surface area contributed by atoms with Crippen LogP contribution in [0.2, 0.25) is 0 Å². The van der Waals surface area contributed by atoms with Gasteiger partial charge in [0.1, 0.15) is 0 Å². The number of hydrogen-bond acceptors (Lipinski definition) is 2. The van der Waals surface area contributed by atoms with Crippen LogP contribution in [0.5, 0.6) is 5.88 Å². The van der Waals surface area contributed by atoms with Gasteiger partial charge in [-0.25, -0.2) is 4.98 Å². The quantitative estimate of drug-likeness (QED) is 0.855. The Kier molecular flexibility index (Phi) is 2.45. The molecular formula is C9H9F3N3O+. The number of pyridine rings is 1. The fraction of sp³-hybridized carbons (Fsp3) is 0.333. The van der Waals surface area contributed by atoms with Gasteiger partial charge in [0.15, 0.2) is 18.5 Å². The summed E-state index contributed by atoms with van der Waals surface area (Å²) in [5.41, 5.74) is 1.73. The van der Waals surface area contributed by atoms with Gasteiger partial charge in [-0.3, -0.25) is 4.98 Å². The van der Waals surface area contributed by atoms with Gasteiger partial charge in [0.25, 0.3) is 5.88 Å². The van der Waals surface area contributed by atoms with Crippen molar-refractivity contribution in [2.75, 3.05) is 6.61 Å². The summed E-state index contributed by atoms with van der Waals surface area (Å²) in [7, 11) is 0. The molecule has 0 saturated heterocycles. The molecule has 0 fully saturated rings. The van der Waals surface area contributed by atoms with Crippen molar-refractivity contribution in [3.63, 3.8) is 0 Å². The van der Waals surface area contributed by atoms with Crippen molar-refractivity contribution in [2.45, 2.75) is 13.1 Å². The lowest BCUT2D eigenvalue weighted by molar-refractivity contribution is -0.347. The second-order valence-corrected chi connectivity index (χ2v) is 3.34. The van der Waals surface area contributed by atoms with Crippen molar-refractivity contribution in [3.8, 4) is 5.88 Å². The number of imidazole rings is 1. The number of halogens is 3. The highest BCUT2D eigenvalue weighted by Crippen LogP contribution is 2.21. The third kappa shape index (κ3) is 2.23. The average molecular weight is 232 g/mol. The lowest BCUT2D eigenvalue weighted by atomic mass is 10.3. The molecule has 0 bridgehead atoms. The van der Waals surface area contributed by atoms with E-state index in [-0.39, 0.29) is 5.88 Å². The highest BCUT2D eigenvalue weighted by molar-refractivity contribution is 5.68. The summed E-state index contributed by atoms with van der Waals surface area (Å²) in [5, 5.41) is 0. The molecule has 2 aromatic heterocycles. The number of aromatic amines is 2. The van der Waals surface area contributed by atoms with Crippen LogP contribution >= 0.6 is 0 Å². The summed E-state index contributed by atoms with van der Waals surface area (Å²) in [6.45, 7) is 0.301. The Bertz CT molecular complexity index is 506. The maximum absolute atomic E-state index is 12.0. The highest BCUT2D eigenvalue weighted by Gasteiger charge is 2.29. The maximum atomic E-state index is 12.0. The van der Waals surface area contributed by atoms with Gasteiger partial charge in [-0.05, 0) is 13.0 Å². The molecule has 0 saturated carbocycles. The van der Waals surface area contributed by atoms with Crippen LogP contribution in [0.25, 0.3) is 11.2 Å². The first kappa shape index (κ1) is 10.7. The molecule has 0 aliphatic carbocycles. The van der Waals surface area contributed by atoms with Crippen LogP contribution in [0, 0.1) is 6.92 Å². The SMILES string of the molecule is Cc1cc2[nH]c[nH+]c2nc1OCC(F)(F)F. The second-order valence-electron chi connectivity index (χ2n) is 3.34. The molecule has 2 N–H and O–H groups in total. The van der Waals surface area contributed by atoms with E-state index in [0.29, 0.717) is 11.2 Å². The second kappa shape index (κ2) is 3.66. The summed E-state index contributed by atoms with van der Waals surface area (Å²) >= 11 is 0. The van der Waals surface area contributed by atoms with Gasteiger partial charge in [0, 0.05) is 5.56 Å². The van der Waals surface area contributed by atoms with Gasteiger partial charge in [-0.15, -0.1) is 0 Å². The molecule has 2 heterocycles. The topological polar surface area (TPSA) is 52.0 Å². The standard InChI is InChI=1S/C9H8F3N3O/c1-5-2-6-7(14-4-13-6)15-8(5)16-3-9(10,11)12/h2,4H,3H2,1H3,(H,13,14,15)/p+1. The molecule has 16 heavy (non-hydrogen) atoms. The fourth-order valence-electron chi connectivity index (χ4n) is 1.30. The molecule has 0 atom stereocenters. The molecule has 7 heteroatoms. The van der Waals surface area contributed by atoms with E-state index in [2.05, 4.69) is 19.7 Å². The predicted octanol–water partition coefficient (Wildman–Crippen LogP) is 1.63. The van der Waals surface area contributed by atoms with Crippen LogP contribution in [-0.2, 0) is 0 Å². The van der Waals surface area contributed by atoms with Gasteiger partial charge in [-0.2, -0.15) is 13.2 Å². The molecular weight excluding hydrogens is 223 g/mol. The zero-order chi connectivity index (χ0) is 11.8. The van der Waals surface area contributed by atoms with Crippen LogP contribution in [0.4, 0.5) is 13.2 Å². The largest absolute Gasteiger partial charge is 0.456 e. The van der Waals surface area contributed by atoms with Crippen LogP contribution < -0.4 is 9.72 Å². The molecule has 0 aliphatic heterocycles. The first-order valence-electron chi connectivity index (χ1n) is 4.52. The Morgan fingerprint density at radius 2 is 2.25 bits per heavy atom. The third-order valence-electron chi connectivity index (χ3n) is 1.98. The normalized spacial score (nSPS) is 12.0. The van der Waals surface area contributed by atoms with Gasteiger partial charge in [0.05, 0.1) is 0 Å². The molecule has 86 valence electrons. The fourth-order valence-corrected chi connectivity index (χ4v) is 1.30. The number of fused-ring (bicyclic) bond motifs is 1. The molecule has 2 aromatic rings. The van der Waals surface area contributed by atoms with Gasteiger partial charge >= 0.3 is 11.8 Å². The van der Waals surface area contributed by atoms with Gasteiger partial charge < -0.3 is 4.74 Å². The zero-order valence-electron chi connectivity index (χ0n) is 8.35. The van der Waals surface area contributed by atoms with Crippen molar-refractivity contribution < 1.29 is 22.9 Å². The number of hydrogen-bond donors (Lipinski definition) is 1. The van der Waals surface area contributed by atoms with Crippen LogP contribution in [0.1, 0.15) is 5.56 Å². The minimum Gasteiger partial charge on any atom is -0.456 e. The maximum Gasteiger partial charge on any atom is 0.422 e. The molecule has 0 aromatic carbocycles. The first-order valence-corrected chi connectivity index (χ1v) is 4.52. The Balaban J connectivity index is 2.26. The molecule has 0 radical (unpaired) electrons. The van der Waals surface area contributed by atoms with Crippen LogP contribution in [-0.4, -0.2) is 22.8 Å². The van der Waals surface area contributed by atoms with Crippen LogP contribution in [0.3, 0.4) is 0 Å². The van der Waals surface area contributed by atoms with Crippen molar-refractivity contribution in [1.82, 2.24) is 9.97 Å². The molecule has 4 nitrogen and oxygen atoms in total. The zero-order valence-corrected chi connectivity index (χ0v) is 8.35. The Hall–Kier alpha value is -1.79. The number of aryl methyl sites for hydroxylation is 1. The number of alkyl halides is 3. The number of aromatic nitrogens is 3. The number of H-pyrrole nitrogens is 2.